The maximum absolute atomic E-state index is 11.8. The molecule has 0 saturated heterocycles. The van der Waals surface area contributed by atoms with Gasteiger partial charge in [-0.2, -0.15) is 0 Å². The lowest BCUT2D eigenvalue weighted by Gasteiger charge is -2.30. The van der Waals surface area contributed by atoms with E-state index < -0.39 is 5.60 Å². The lowest BCUT2D eigenvalue weighted by Crippen LogP contribution is -2.28. The average molecular weight is 438 g/mol. The van der Waals surface area contributed by atoms with Crippen molar-refractivity contribution in [3.8, 4) is 5.75 Å². The Labute approximate surface area is 191 Å². The fraction of sp³-hybridized carbons (Fsp3) is 0.333. The van der Waals surface area contributed by atoms with Gasteiger partial charge in [-0.1, -0.05) is 80.0 Å². The summed E-state index contributed by atoms with van der Waals surface area (Å²) in [6, 6.07) is 25.5. The molecule has 4 heteroatoms. The second-order valence-electron chi connectivity index (χ2n) is 7.75. The van der Waals surface area contributed by atoms with Crippen molar-refractivity contribution in [2.45, 2.75) is 32.3 Å². The van der Waals surface area contributed by atoms with E-state index in [2.05, 4.69) is 18.7 Å². The predicted molar refractivity (Wildman–Crippen MR) is 129 cm³/mol. The third kappa shape index (κ3) is 6.33. The highest BCUT2D eigenvalue weighted by atomic mass is 35.5. The van der Waals surface area contributed by atoms with Gasteiger partial charge >= 0.3 is 0 Å². The zero-order valence-electron chi connectivity index (χ0n) is 18.4. The first-order chi connectivity index (χ1) is 15.0. The summed E-state index contributed by atoms with van der Waals surface area (Å²) >= 11 is 6.01. The highest BCUT2D eigenvalue weighted by Gasteiger charge is 2.31. The van der Waals surface area contributed by atoms with Gasteiger partial charge in [0.1, 0.15) is 18.0 Å². The van der Waals surface area contributed by atoms with Crippen LogP contribution in [-0.2, 0) is 12.0 Å². The number of hydrogen-bond donors (Lipinski definition) is 1. The summed E-state index contributed by atoms with van der Waals surface area (Å²) in [5.74, 6) is 0.823. The lowest BCUT2D eigenvalue weighted by atomic mass is 9.81. The predicted octanol–water partition coefficient (Wildman–Crippen LogP) is 5.93. The van der Waals surface area contributed by atoms with Crippen molar-refractivity contribution in [3.05, 3.63) is 101 Å². The van der Waals surface area contributed by atoms with Gasteiger partial charge in [-0.05, 0) is 66.9 Å². The van der Waals surface area contributed by atoms with Crippen molar-refractivity contribution in [3.63, 3.8) is 0 Å². The Balaban J connectivity index is 1.75. The van der Waals surface area contributed by atoms with Crippen LogP contribution >= 0.6 is 11.6 Å². The van der Waals surface area contributed by atoms with Gasteiger partial charge in [0.05, 0.1) is 0 Å². The Kier molecular flexibility index (Phi) is 8.53. The molecule has 0 aromatic heterocycles. The first-order valence-corrected chi connectivity index (χ1v) is 11.4. The van der Waals surface area contributed by atoms with E-state index in [0.29, 0.717) is 13.0 Å². The molecule has 0 aliphatic heterocycles. The van der Waals surface area contributed by atoms with Crippen LogP contribution in [0.15, 0.2) is 78.9 Å². The van der Waals surface area contributed by atoms with Crippen LogP contribution in [0.3, 0.4) is 0 Å². The van der Waals surface area contributed by atoms with E-state index in [-0.39, 0.29) is 0 Å². The number of likely N-dealkylation sites (N-methyl/N-ethyl adjacent to an activating group) is 1. The summed E-state index contributed by atoms with van der Waals surface area (Å²) in [5.41, 5.74) is 1.82. The van der Waals surface area contributed by atoms with E-state index in [4.69, 9.17) is 16.3 Å². The van der Waals surface area contributed by atoms with Crippen molar-refractivity contribution >= 4 is 11.6 Å². The van der Waals surface area contributed by atoms with E-state index in [0.717, 1.165) is 53.5 Å². The molecule has 164 valence electrons. The highest BCUT2D eigenvalue weighted by Crippen LogP contribution is 2.35. The molecule has 3 rings (SSSR count). The molecule has 3 aromatic rings. The summed E-state index contributed by atoms with van der Waals surface area (Å²) in [4.78, 5) is 2.33. The molecule has 1 N–H and O–H groups in total. The largest absolute Gasteiger partial charge is 0.492 e. The van der Waals surface area contributed by atoms with Gasteiger partial charge < -0.3 is 14.7 Å². The Hall–Kier alpha value is -2.33. The minimum atomic E-state index is -1.08. The third-order valence-electron chi connectivity index (χ3n) is 5.84. The van der Waals surface area contributed by atoms with Crippen molar-refractivity contribution in [2.24, 2.45) is 0 Å². The average Bonchev–Trinajstić information content (AvgIpc) is 2.82. The molecule has 0 heterocycles. The van der Waals surface area contributed by atoms with Crippen LogP contribution in [0.2, 0.25) is 5.02 Å². The zero-order chi connectivity index (χ0) is 22.1. The standard InChI is InChI=1S/C27H32ClNO2/c1-3-29(4-2)20-21-31-26-16-12-24(13-17-26)27(30,23-8-6-5-7-9-23)19-18-22-10-14-25(28)15-11-22/h5-17,30H,3-4,18-21H2,1-2H3. The minimum Gasteiger partial charge on any atom is -0.492 e. The third-order valence-corrected chi connectivity index (χ3v) is 6.09. The molecule has 0 radical (unpaired) electrons. The second-order valence-corrected chi connectivity index (χ2v) is 8.19. The Bertz CT molecular complexity index is 908. The molecule has 31 heavy (non-hydrogen) atoms. The minimum absolute atomic E-state index is 0.570. The van der Waals surface area contributed by atoms with Crippen molar-refractivity contribution in [1.82, 2.24) is 4.90 Å². The molecule has 3 aromatic carbocycles. The van der Waals surface area contributed by atoms with Gasteiger partial charge in [-0.3, -0.25) is 0 Å². The van der Waals surface area contributed by atoms with Gasteiger partial charge in [-0.25, -0.2) is 0 Å². The molecular weight excluding hydrogens is 406 g/mol. The van der Waals surface area contributed by atoms with Crippen LogP contribution in [0, 0.1) is 0 Å². The number of aliphatic hydroxyl groups is 1. The van der Waals surface area contributed by atoms with Gasteiger partial charge in [0.25, 0.3) is 0 Å². The van der Waals surface area contributed by atoms with Crippen LogP contribution in [0.25, 0.3) is 0 Å². The van der Waals surface area contributed by atoms with Gasteiger partial charge in [0.15, 0.2) is 0 Å². The molecular formula is C27H32ClNO2. The Morgan fingerprint density at radius 1 is 0.839 bits per heavy atom. The monoisotopic (exact) mass is 437 g/mol. The van der Waals surface area contributed by atoms with E-state index in [1.807, 2.05) is 78.9 Å². The summed E-state index contributed by atoms with van der Waals surface area (Å²) in [5, 5.41) is 12.5. The number of nitrogens with zero attached hydrogens (tertiary/aromatic N) is 1. The van der Waals surface area contributed by atoms with Crippen LogP contribution in [0.4, 0.5) is 0 Å². The highest BCUT2D eigenvalue weighted by molar-refractivity contribution is 6.30. The Morgan fingerprint density at radius 2 is 1.45 bits per heavy atom. The quantitative estimate of drug-likeness (QED) is 0.403. The van der Waals surface area contributed by atoms with Crippen LogP contribution in [0.1, 0.15) is 37.0 Å². The molecule has 1 atom stereocenters. The molecule has 0 aliphatic rings. The molecule has 0 fully saturated rings. The molecule has 1 unspecified atom stereocenters. The number of benzene rings is 3. The lowest BCUT2D eigenvalue weighted by molar-refractivity contribution is 0.0712. The number of halogens is 1. The molecule has 0 saturated carbocycles. The van der Waals surface area contributed by atoms with Crippen molar-refractivity contribution in [1.29, 1.82) is 0 Å². The van der Waals surface area contributed by atoms with Crippen LogP contribution in [-0.4, -0.2) is 36.2 Å². The summed E-state index contributed by atoms with van der Waals surface area (Å²) in [6.45, 7) is 7.93. The number of rotatable bonds is 11. The van der Waals surface area contributed by atoms with Crippen molar-refractivity contribution in [2.75, 3.05) is 26.2 Å². The number of hydrogen-bond acceptors (Lipinski definition) is 3. The molecule has 0 bridgehead atoms. The number of ether oxygens (including phenoxy) is 1. The zero-order valence-corrected chi connectivity index (χ0v) is 19.2. The molecule has 0 amide bonds. The van der Waals surface area contributed by atoms with E-state index in [1.54, 1.807) is 0 Å². The first kappa shape index (κ1) is 23.3. The normalized spacial score (nSPS) is 13.2. The SMILES string of the molecule is CCN(CC)CCOc1ccc(C(O)(CCc2ccc(Cl)cc2)c2ccccc2)cc1. The van der Waals surface area contributed by atoms with Crippen LogP contribution < -0.4 is 4.74 Å². The number of aryl methyl sites for hydroxylation is 1. The van der Waals surface area contributed by atoms with Gasteiger partial charge in [0.2, 0.25) is 0 Å². The molecule has 0 spiro atoms. The summed E-state index contributed by atoms with van der Waals surface area (Å²) in [6.07, 6.45) is 1.31. The molecule has 3 nitrogen and oxygen atoms in total. The maximum atomic E-state index is 11.8. The topological polar surface area (TPSA) is 32.7 Å². The fourth-order valence-corrected chi connectivity index (χ4v) is 3.93. The van der Waals surface area contributed by atoms with Crippen LogP contribution in [0.5, 0.6) is 5.75 Å². The van der Waals surface area contributed by atoms with Gasteiger partial charge in [0, 0.05) is 11.6 Å². The summed E-state index contributed by atoms with van der Waals surface area (Å²) in [7, 11) is 0. The van der Waals surface area contributed by atoms with Gasteiger partial charge in [-0.15, -0.1) is 0 Å². The fourth-order valence-electron chi connectivity index (χ4n) is 3.80. The van der Waals surface area contributed by atoms with E-state index in [1.165, 1.54) is 0 Å². The Morgan fingerprint density at radius 3 is 2.06 bits per heavy atom. The second kappa shape index (κ2) is 11.3. The first-order valence-electron chi connectivity index (χ1n) is 11.0. The smallest absolute Gasteiger partial charge is 0.119 e. The van der Waals surface area contributed by atoms with E-state index >= 15 is 0 Å². The van der Waals surface area contributed by atoms with Crippen molar-refractivity contribution < 1.29 is 9.84 Å². The summed E-state index contributed by atoms with van der Waals surface area (Å²) < 4.78 is 5.92. The van der Waals surface area contributed by atoms with E-state index in [9.17, 15) is 5.11 Å². The maximum Gasteiger partial charge on any atom is 0.119 e. The molecule has 0 aliphatic carbocycles.